The lowest BCUT2D eigenvalue weighted by Crippen LogP contribution is -2.16. The van der Waals surface area contributed by atoms with Crippen molar-refractivity contribution < 1.29 is 4.79 Å². The van der Waals surface area contributed by atoms with E-state index in [-0.39, 0.29) is 11.8 Å². The van der Waals surface area contributed by atoms with E-state index in [1.165, 1.54) is 11.1 Å². The third kappa shape index (κ3) is 5.32. The Morgan fingerprint density at radius 3 is 2.00 bits per heavy atom. The highest BCUT2D eigenvalue weighted by Crippen LogP contribution is 2.27. The fraction of sp³-hybridized carbons (Fsp3) is 0.240. The number of Topliss-reactive ketones (excluding diaryl/α,β-unsaturated/α-hetero) is 1. The lowest BCUT2D eigenvalue weighted by Gasteiger charge is -2.21. The summed E-state index contributed by atoms with van der Waals surface area (Å²) in [4.78, 5) is 12.9. The second-order valence-corrected chi connectivity index (χ2v) is 8.43. The van der Waals surface area contributed by atoms with Gasteiger partial charge in [0, 0.05) is 22.1 Å². The van der Waals surface area contributed by atoms with Crippen molar-refractivity contribution in [3.63, 3.8) is 0 Å². The molecule has 0 aromatic heterocycles. The van der Waals surface area contributed by atoms with E-state index >= 15 is 0 Å². The Kier molecular flexibility index (Phi) is 6.69. The molecule has 0 heterocycles. The van der Waals surface area contributed by atoms with Gasteiger partial charge in [-0.2, -0.15) is 0 Å². The molecule has 3 heteroatoms. The highest BCUT2D eigenvalue weighted by Gasteiger charge is 2.18. The summed E-state index contributed by atoms with van der Waals surface area (Å²) in [5, 5.41) is 3.55. The van der Waals surface area contributed by atoms with Crippen LogP contribution in [-0.4, -0.2) is 5.78 Å². The lowest BCUT2D eigenvalue weighted by atomic mass is 9.95. The molecule has 0 aliphatic carbocycles. The molecule has 28 heavy (non-hydrogen) atoms. The monoisotopic (exact) mass is 435 g/mol. The van der Waals surface area contributed by atoms with Gasteiger partial charge in [-0.05, 0) is 48.2 Å². The van der Waals surface area contributed by atoms with E-state index < -0.39 is 0 Å². The number of nitrogens with one attached hydrogen (secondary N) is 1. The molecule has 0 radical (unpaired) electrons. The van der Waals surface area contributed by atoms with Gasteiger partial charge < -0.3 is 5.32 Å². The van der Waals surface area contributed by atoms with E-state index in [4.69, 9.17) is 0 Å². The van der Waals surface area contributed by atoms with E-state index in [2.05, 4.69) is 90.5 Å². The maximum Gasteiger partial charge on any atom is 0.165 e. The summed E-state index contributed by atoms with van der Waals surface area (Å²) in [6.45, 7) is 6.45. The van der Waals surface area contributed by atoms with Crippen LogP contribution in [0.1, 0.15) is 59.3 Å². The van der Waals surface area contributed by atoms with Crippen molar-refractivity contribution in [3.8, 4) is 0 Å². The molecular weight excluding hydrogens is 410 g/mol. The van der Waals surface area contributed by atoms with Crippen molar-refractivity contribution in [2.75, 3.05) is 5.32 Å². The quantitative estimate of drug-likeness (QED) is 0.394. The van der Waals surface area contributed by atoms with Crippen LogP contribution in [0.2, 0.25) is 0 Å². The highest BCUT2D eigenvalue weighted by atomic mass is 79.9. The third-order valence-electron chi connectivity index (χ3n) is 4.95. The minimum atomic E-state index is -0.0833. The average Bonchev–Trinajstić information content (AvgIpc) is 2.69. The lowest BCUT2D eigenvalue weighted by molar-refractivity contribution is 0.0976. The van der Waals surface area contributed by atoms with E-state index in [9.17, 15) is 4.79 Å². The number of carbonyl (C=O) groups excluding carboxylic acids is 1. The van der Waals surface area contributed by atoms with E-state index in [0.717, 1.165) is 21.3 Å². The summed E-state index contributed by atoms with van der Waals surface area (Å²) in [5.41, 5.74) is 5.40. The molecule has 0 amide bonds. The zero-order chi connectivity index (χ0) is 20.1. The third-order valence-corrected chi connectivity index (χ3v) is 5.48. The molecule has 0 saturated heterocycles. The Balaban J connectivity index is 1.85. The molecule has 3 aromatic carbocycles. The molecule has 1 unspecified atom stereocenters. The normalized spacial score (nSPS) is 12.0. The smallest absolute Gasteiger partial charge is 0.165 e. The fourth-order valence-electron chi connectivity index (χ4n) is 3.16. The standard InChI is InChI=1S/C25H26BrNO/c1-17(2)19-6-8-20(9-7-19)24(27-23-14-4-18(3)5-15-23)16-25(28)21-10-12-22(26)13-11-21/h4-15,17,24,27H,16H2,1-3H3. The summed E-state index contributed by atoms with van der Waals surface area (Å²) in [7, 11) is 0. The summed E-state index contributed by atoms with van der Waals surface area (Å²) in [5.74, 6) is 0.618. The molecular formula is C25H26BrNO. The first kappa shape index (κ1) is 20.3. The number of ketones is 1. The van der Waals surface area contributed by atoms with Crippen LogP contribution >= 0.6 is 15.9 Å². The Morgan fingerprint density at radius 2 is 1.43 bits per heavy atom. The van der Waals surface area contributed by atoms with Crippen LogP contribution in [0.4, 0.5) is 5.69 Å². The number of anilines is 1. The molecule has 0 bridgehead atoms. The van der Waals surface area contributed by atoms with Gasteiger partial charge in [-0.15, -0.1) is 0 Å². The minimum Gasteiger partial charge on any atom is -0.378 e. The van der Waals surface area contributed by atoms with Crippen LogP contribution in [0, 0.1) is 6.92 Å². The van der Waals surface area contributed by atoms with Gasteiger partial charge in [-0.1, -0.05) is 83.9 Å². The number of halogens is 1. The van der Waals surface area contributed by atoms with Crippen molar-refractivity contribution in [1.82, 2.24) is 0 Å². The number of aryl methyl sites for hydroxylation is 1. The van der Waals surface area contributed by atoms with Gasteiger partial charge in [-0.25, -0.2) is 0 Å². The zero-order valence-corrected chi connectivity index (χ0v) is 18.2. The molecule has 0 spiro atoms. The van der Waals surface area contributed by atoms with Crippen molar-refractivity contribution in [2.24, 2.45) is 0 Å². The second-order valence-electron chi connectivity index (χ2n) is 7.52. The van der Waals surface area contributed by atoms with Crippen molar-refractivity contribution in [2.45, 2.75) is 39.2 Å². The average molecular weight is 436 g/mol. The minimum absolute atomic E-state index is 0.0833. The number of benzene rings is 3. The van der Waals surface area contributed by atoms with Crippen LogP contribution in [0.3, 0.4) is 0 Å². The molecule has 0 aliphatic rings. The molecule has 2 nitrogen and oxygen atoms in total. The Labute approximate surface area is 176 Å². The maximum atomic E-state index is 12.9. The number of hydrogen-bond acceptors (Lipinski definition) is 2. The van der Waals surface area contributed by atoms with Crippen molar-refractivity contribution in [3.05, 3.63) is 99.5 Å². The predicted molar refractivity (Wildman–Crippen MR) is 121 cm³/mol. The van der Waals surface area contributed by atoms with Gasteiger partial charge in [-0.3, -0.25) is 4.79 Å². The van der Waals surface area contributed by atoms with Gasteiger partial charge in [0.2, 0.25) is 0 Å². The number of hydrogen-bond donors (Lipinski definition) is 1. The predicted octanol–water partition coefficient (Wildman–Crippen LogP) is 7.31. The first-order valence-corrected chi connectivity index (χ1v) is 10.4. The molecule has 144 valence electrons. The van der Waals surface area contributed by atoms with E-state index in [1.807, 2.05) is 24.3 Å². The molecule has 0 fully saturated rings. The van der Waals surface area contributed by atoms with Gasteiger partial charge in [0.25, 0.3) is 0 Å². The topological polar surface area (TPSA) is 29.1 Å². The first-order chi connectivity index (χ1) is 13.4. The summed E-state index contributed by atoms with van der Waals surface area (Å²) >= 11 is 3.43. The van der Waals surface area contributed by atoms with Gasteiger partial charge >= 0.3 is 0 Å². The molecule has 3 aromatic rings. The van der Waals surface area contributed by atoms with Crippen LogP contribution in [0.15, 0.2) is 77.3 Å². The molecule has 0 aliphatic heterocycles. The second kappa shape index (κ2) is 9.20. The van der Waals surface area contributed by atoms with E-state index in [0.29, 0.717) is 12.3 Å². The number of carbonyl (C=O) groups is 1. The Bertz CT molecular complexity index is 912. The van der Waals surface area contributed by atoms with Gasteiger partial charge in [0.05, 0.1) is 6.04 Å². The Morgan fingerprint density at radius 1 is 0.857 bits per heavy atom. The molecule has 3 rings (SSSR count). The molecule has 0 saturated carbocycles. The van der Waals surface area contributed by atoms with Gasteiger partial charge in [0.15, 0.2) is 5.78 Å². The molecule has 1 N–H and O–H groups in total. The maximum absolute atomic E-state index is 12.9. The summed E-state index contributed by atoms with van der Waals surface area (Å²) in [6, 6.07) is 24.4. The van der Waals surface area contributed by atoms with Crippen LogP contribution in [-0.2, 0) is 0 Å². The zero-order valence-electron chi connectivity index (χ0n) is 16.6. The van der Waals surface area contributed by atoms with E-state index in [1.54, 1.807) is 0 Å². The van der Waals surface area contributed by atoms with Crippen LogP contribution in [0.5, 0.6) is 0 Å². The first-order valence-electron chi connectivity index (χ1n) is 9.64. The largest absolute Gasteiger partial charge is 0.378 e. The van der Waals surface area contributed by atoms with Crippen molar-refractivity contribution in [1.29, 1.82) is 0 Å². The van der Waals surface area contributed by atoms with Crippen LogP contribution < -0.4 is 5.32 Å². The molecule has 1 atom stereocenters. The summed E-state index contributed by atoms with van der Waals surface area (Å²) < 4.78 is 0.975. The number of rotatable bonds is 7. The summed E-state index contributed by atoms with van der Waals surface area (Å²) in [6.07, 6.45) is 0.399. The SMILES string of the molecule is Cc1ccc(NC(CC(=O)c2ccc(Br)cc2)c2ccc(C(C)C)cc2)cc1. The van der Waals surface area contributed by atoms with Gasteiger partial charge in [0.1, 0.15) is 0 Å². The fourth-order valence-corrected chi connectivity index (χ4v) is 3.42. The highest BCUT2D eigenvalue weighted by molar-refractivity contribution is 9.10. The van der Waals surface area contributed by atoms with Crippen LogP contribution in [0.25, 0.3) is 0 Å². The Hall–Kier alpha value is -2.39. The van der Waals surface area contributed by atoms with Crippen molar-refractivity contribution >= 4 is 27.4 Å².